The molecular weight excluding hydrogens is 319 g/mol. The molecule has 3 aromatic rings. The van der Waals surface area contributed by atoms with Gasteiger partial charge in [0.1, 0.15) is 5.69 Å². The third kappa shape index (κ3) is 2.48. The number of benzene rings is 2. The highest BCUT2D eigenvalue weighted by Crippen LogP contribution is 2.32. The van der Waals surface area contributed by atoms with Crippen molar-refractivity contribution in [3.05, 3.63) is 59.0 Å². The summed E-state index contributed by atoms with van der Waals surface area (Å²) in [6.45, 7) is 0. The molecule has 0 aliphatic heterocycles. The second-order valence-corrected chi connectivity index (χ2v) is 5.12. The summed E-state index contributed by atoms with van der Waals surface area (Å²) in [7, 11) is 1.46. The molecule has 24 heavy (non-hydrogen) atoms. The number of aromatic amines is 1. The quantitative estimate of drug-likeness (QED) is 0.707. The molecule has 120 valence electrons. The minimum Gasteiger partial charge on any atom is -0.354 e. The van der Waals surface area contributed by atoms with E-state index in [0.29, 0.717) is 10.9 Å². The summed E-state index contributed by atoms with van der Waals surface area (Å²) in [4.78, 5) is 14.6. The van der Waals surface area contributed by atoms with Gasteiger partial charge < -0.3 is 10.3 Å². The van der Waals surface area contributed by atoms with Gasteiger partial charge in [-0.25, -0.2) is 13.2 Å². The van der Waals surface area contributed by atoms with Gasteiger partial charge in [0.2, 0.25) is 0 Å². The van der Waals surface area contributed by atoms with Crippen LogP contribution in [0.3, 0.4) is 0 Å². The average Bonchev–Trinajstić information content (AvgIpc) is 3.01. The fraction of sp³-hybridized carbons (Fsp3) is 0.0588. The van der Waals surface area contributed by atoms with Crippen molar-refractivity contribution in [3.8, 4) is 17.2 Å². The second-order valence-electron chi connectivity index (χ2n) is 5.12. The van der Waals surface area contributed by atoms with Crippen LogP contribution in [0.5, 0.6) is 0 Å². The van der Waals surface area contributed by atoms with Crippen molar-refractivity contribution in [2.45, 2.75) is 0 Å². The maximum absolute atomic E-state index is 13.5. The molecule has 0 bridgehead atoms. The molecule has 7 heteroatoms. The minimum absolute atomic E-state index is 0.0545. The number of carbonyl (C=O) groups is 1. The molecule has 0 unspecified atom stereocenters. The molecule has 2 N–H and O–H groups in total. The lowest BCUT2D eigenvalue weighted by atomic mass is 10.00. The Morgan fingerprint density at radius 3 is 2.38 bits per heavy atom. The van der Waals surface area contributed by atoms with Crippen LogP contribution in [0.25, 0.3) is 22.0 Å². The van der Waals surface area contributed by atoms with Gasteiger partial charge in [0.15, 0.2) is 17.5 Å². The zero-order valence-electron chi connectivity index (χ0n) is 12.4. The van der Waals surface area contributed by atoms with Gasteiger partial charge in [0.05, 0.1) is 17.1 Å². The Kier molecular flexibility index (Phi) is 3.73. The minimum atomic E-state index is -1.57. The molecule has 3 rings (SSSR count). The molecule has 1 amide bonds. The fourth-order valence-corrected chi connectivity index (χ4v) is 2.50. The fourth-order valence-electron chi connectivity index (χ4n) is 2.50. The van der Waals surface area contributed by atoms with Gasteiger partial charge in [0, 0.05) is 18.0 Å². The van der Waals surface area contributed by atoms with E-state index in [-0.39, 0.29) is 28.3 Å². The van der Waals surface area contributed by atoms with Crippen molar-refractivity contribution in [1.29, 1.82) is 5.26 Å². The molecule has 0 aliphatic carbocycles. The Labute approximate surface area is 134 Å². The van der Waals surface area contributed by atoms with Crippen LogP contribution in [0, 0.1) is 28.8 Å². The Hall–Kier alpha value is -3.27. The van der Waals surface area contributed by atoms with Crippen molar-refractivity contribution in [2.75, 3.05) is 7.05 Å². The van der Waals surface area contributed by atoms with Gasteiger partial charge in [-0.2, -0.15) is 5.26 Å². The molecule has 0 spiro atoms. The number of fused-ring (bicyclic) bond motifs is 1. The molecular formula is C17H10F3N3O. The number of amides is 1. The van der Waals surface area contributed by atoms with Crippen molar-refractivity contribution >= 4 is 16.8 Å². The number of nitriles is 1. The number of halogens is 3. The largest absolute Gasteiger partial charge is 0.354 e. The third-order valence-electron chi connectivity index (χ3n) is 3.62. The maximum Gasteiger partial charge on any atom is 0.267 e. The molecule has 0 saturated carbocycles. The molecule has 4 nitrogen and oxygen atoms in total. The van der Waals surface area contributed by atoms with Crippen molar-refractivity contribution in [3.63, 3.8) is 0 Å². The van der Waals surface area contributed by atoms with Gasteiger partial charge in [-0.05, 0) is 35.9 Å². The van der Waals surface area contributed by atoms with Gasteiger partial charge in [-0.15, -0.1) is 0 Å². The van der Waals surface area contributed by atoms with E-state index in [4.69, 9.17) is 5.26 Å². The molecule has 1 aromatic heterocycles. The summed E-state index contributed by atoms with van der Waals surface area (Å²) in [5, 5.41) is 12.1. The lowest BCUT2D eigenvalue weighted by molar-refractivity contribution is 0.0959. The van der Waals surface area contributed by atoms with Crippen LogP contribution in [0.1, 0.15) is 16.1 Å². The molecule has 1 heterocycles. The number of hydrogen-bond acceptors (Lipinski definition) is 2. The molecule has 0 saturated heterocycles. The summed E-state index contributed by atoms with van der Waals surface area (Å²) in [5.74, 6) is -4.62. The van der Waals surface area contributed by atoms with E-state index in [0.717, 1.165) is 12.1 Å². The smallest absolute Gasteiger partial charge is 0.267 e. The van der Waals surface area contributed by atoms with Crippen LogP contribution in [-0.4, -0.2) is 17.9 Å². The summed E-state index contributed by atoms with van der Waals surface area (Å²) in [6.07, 6.45) is 0. The van der Waals surface area contributed by atoms with E-state index >= 15 is 0 Å². The number of rotatable bonds is 2. The van der Waals surface area contributed by atoms with E-state index in [2.05, 4.69) is 10.3 Å². The predicted molar refractivity (Wildman–Crippen MR) is 81.7 cm³/mol. The van der Waals surface area contributed by atoms with Crippen LogP contribution >= 0.6 is 0 Å². The third-order valence-corrected chi connectivity index (χ3v) is 3.62. The zero-order valence-corrected chi connectivity index (χ0v) is 12.4. The Morgan fingerprint density at radius 2 is 1.79 bits per heavy atom. The first-order valence-electron chi connectivity index (χ1n) is 6.88. The summed E-state index contributed by atoms with van der Waals surface area (Å²) >= 11 is 0. The van der Waals surface area contributed by atoms with Crippen LogP contribution in [0.2, 0.25) is 0 Å². The number of nitrogens with one attached hydrogen (secondary N) is 2. The van der Waals surface area contributed by atoms with Gasteiger partial charge in [0.25, 0.3) is 5.91 Å². The van der Waals surface area contributed by atoms with Gasteiger partial charge in [-0.3, -0.25) is 4.79 Å². The topological polar surface area (TPSA) is 68.7 Å². The monoisotopic (exact) mass is 329 g/mol. The summed E-state index contributed by atoms with van der Waals surface area (Å²) in [5.41, 5.74) is 1.23. The highest BCUT2D eigenvalue weighted by atomic mass is 19.2. The number of carbonyl (C=O) groups excluding carboxylic acids is 1. The molecule has 0 radical (unpaired) electrons. The van der Waals surface area contributed by atoms with Crippen LogP contribution < -0.4 is 5.32 Å². The first-order valence-corrected chi connectivity index (χ1v) is 6.88. The molecule has 0 fully saturated rings. The standard InChI is InChI=1S/C17H10F3N3O/c1-22-17(24)14-6-10-2-8(7-21)3-11(16(10)23-14)9-4-12(18)15(20)13(19)5-9/h2-6,23H,1H3,(H,22,24). The normalized spacial score (nSPS) is 10.6. The van der Waals surface area contributed by atoms with E-state index in [9.17, 15) is 18.0 Å². The number of hydrogen-bond donors (Lipinski definition) is 2. The highest BCUT2D eigenvalue weighted by molar-refractivity contribution is 6.02. The lowest BCUT2D eigenvalue weighted by Crippen LogP contribution is -2.17. The predicted octanol–water partition coefficient (Wildman–Crippen LogP) is 3.48. The number of H-pyrrole nitrogens is 1. The van der Waals surface area contributed by atoms with Gasteiger partial charge >= 0.3 is 0 Å². The Morgan fingerprint density at radius 1 is 1.12 bits per heavy atom. The SMILES string of the molecule is CNC(=O)c1cc2cc(C#N)cc(-c3cc(F)c(F)c(F)c3)c2[nH]1. The van der Waals surface area contributed by atoms with Crippen LogP contribution in [-0.2, 0) is 0 Å². The van der Waals surface area contributed by atoms with E-state index in [1.54, 1.807) is 0 Å². The number of nitrogens with zero attached hydrogens (tertiary/aromatic N) is 1. The Bertz CT molecular complexity index is 995. The lowest BCUT2D eigenvalue weighted by Gasteiger charge is -2.06. The number of aromatic nitrogens is 1. The first kappa shape index (κ1) is 15.6. The highest BCUT2D eigenvalue weighted by Gasteiger charge is 2.17. The van der Waals surface area contributed by atoms with E-state index < -0.39 is 17.5 Å². The zero-order chi connectivity index (χ0) is 17.4. The van der Waals surface area contributed by atoms with E-state index in [1.807, 2.05) is 6.07 Å². The van der Waals surface area contributed by atoms with Crippen LogP contribution in [0.15, 0.2) is 30.3 Å². The first-order chi connectivity index (χ1) is 11.4. The van der Waals surface area contributed by atoms with Crippen molar-refractivity contribution in [2.24, 2.45) is 0 Å². The van der Waals surface area contributed by atoms with Gasteiger partial charge in [-0.1, -0.05) is 0 Å². The maximum atomic E-state index is 13.5. The molecule has 0 aliphatic rings. The molecule has 0 atom stereocenters. The van der Waals surface area contributed by atoms with E-state index in [1.165, 1.54) is 25.2 Å². The molecule has 2 aromatic carbocycles. The summed E-state index contributed by atoms with van der Waals surface area (Å²) < 4.78 is 40.3. The van der Waals surface area contributed by atoms with Crippen LogP contribution in [0.4, 0.5) is 13.2 Å². The second kappa shape index (κ2) is 5.74. The Balaban J connectivity index is 2.32. The van der Waals surface area contributed by atoms with Crippen molar-refractivity contribution < 1.29 is 18.0 Å². The average molecular weight is 329 g/mol. The summed E-state index contributed by atoms with van der Waals surface area (Å²) in [6, 6.07) is 8.11. The van der Waals surface area contributed by atoms with Crippen molar-refractivity contribution in [1.82, 2.24) is 10.3 Å².